The van der Waals surface area contributed by atoms with Gasteiger partial charge in [-0.25, -0.2) is 12.8 Å². The van der Waals surface area contributed by atoms with Crippen LogP contribution >= 0.6 is 0 Å². The van der Waals surface area contributed by atoms with Crippen LogP contribution in [0.2, 0.25) is 0 Å². The zero-order valence-corrected chi connectivity index (χ0v) is 17.7. The molecule has 0 aliphatic rings. The van der Waals surface area contributed by atoms with E-state index in [-0.39, 0.29) is 23.0 Å². The molecule has 0 aromatic heterocycles. The molecule has 0 radical (unpaired) electrons. The first-order chi connectivity index (χ1) is 14.8. The molecule has 3 rings (SSSR count). The SMILES string of the molecule is COc1ccc(CNC(=O)c2ccc(NS(=O)(=O)c3ccc(F)cc3)cc2)c(OC)c1. The molecule has 2 N–H and O–H groups in total. The van der Waals surface area contributed by atoms with Crippen LogP contribution in [0.25, 0.3) is 0 Å². The van der Waals surface area contributed by atoms with Gasteiger partial charge in [0.15, 0.2) is 0 Å². The van der Waals surface area contributed by atoms with E-state index in [4.69, 9.17) is 9.47 Å². The third-order valence-corrected chi connectivity index (χ3v) is 5.85. The molecule has 0 aliphatic carbocycles. The summed E-state index contributed by atoms with van der Waals surface area (Å²) < 4.78 is 50.6. The Morgan fingerprint density at radius 1 is 0.935 bits per heavy atom. The molecule has 0 bridgehead atoms. The summed E-state index contributed by atoms with van der Waals surface area (Å²) in [4.78, 5) is 12.4. The van der Waals surface area contributed by atoms with Crippen LogP contribution in [0, 0.1) is 5.82 Å². The van der Waals surface area contributed by atoms with Gasteiger partial charge in [0.25, 0.3) is 15.9 Å². The Bertz CT molecular complexity index is 1160. The molecule has 3 aromatic rings. The number of methoxy groups -OCH3 is 2. The summed E-state index contributed by atoms with van der Waals surface area (Å²) in [5.74, 6) is 0.378. The zero-order chi connectivity index (χ0) is 22.4. The molecule has 0 saturated heterocycles. The van der Waals surface area contributed by atoms with Gasteiger partial charge in [0.2, 0.25) is 0 Å². The Morgan fingerprint density at radius 2 is 1.61 bits per heavy atom. The van der Waals surface area contributed by atoms with E-state index in [0.29, 0.717) is 17.1 Å². The van der Waals surface area contributed by atoms with Crippen LogP contribution in [0.3, 0.4) is 0 Å². The molecule has 9 heteroatoms. The van der Waals surface area contributed by atoms with E-state index in [1.807, 2.05) is 0 Å². The number of hydrogen-bond donors (Lipinski definition) is 2. The van der Waals surface area contributed by atoms with Gasteiger partial charge in [-0.3, -0.25) is 9.52 Å². The van der Waals surface area contributed by atoms with Crippen molar-refractivity contribution in [1.29, 1.82) is 0 Å². The van der Waals surface area contributed by atoms with Crippen LogP contribution in [0.15, 0.2) is 71.6 Å². The first kappa shape index (κ1) is 22.1. The van der Waals surface area contributed by atoms with E-state index in [9.17, 15) is 17.6 Å². The molecule has 0 heterocycles. The Kier molecular flexibility index (Phi) is 6.76. The van der Waals surface area contributed by atoms with Gasteiger partial charge >= 0.3 is 0 Å². The van der Waals surface area contributed by atoms with E-state index in [1.165, 1.54) is 43.5 Å². The van der Waals surface area contributed by atoms with Crippen molar-refractivity contribution in [2.45, 2.75) is 11.4 Å². The van der Waals surface area contributed by atoms with E-state index in [0.717, 1.165) is 17.7 Å². The Labute approximate surface area is 179 Å². The average Bonchev–Trinajstić information content (AvgIpc) is 2.77. The van der Waals surface area contributed by atoms with Gasteiger partial charge in [-0.2, -0.15) is 0 Å². The van der Waals surface area contributed by atoms with Gasteiger partial charge in [0.05, 0.1) is 19.1 Å². The second-order valence-corrected chi connectivity index (χ2v) is 8.18. The second-order valence-electron chi connectivity index (χ2n) is 6.50. The van der Waals surface area contributed by atoms with Gasteiger partial charge < -0.3 is 14.8 Å². The van der Waals surface area contributed by atoms with E-state index >= 15 is 0 Å². The number of carbonyl (C=O) groups is 1. The number of ether oxygens (including phenoxy) is 2. The molecule has 7 nitrogen and oxygen atoms in total. The van der Waals surface area contributed by atoms with Crippen molar-refractivity contribution in [1.82, 2.24) is 5.32 Å². The van der Waals surface area contributed by atoms with Crippen LogP contribution in [0.1, 0.15) is 15.9 Å². The second kappa shape index (κ2) is 9.48. The summed E-state index contributed by atoms with van der Waals surface area (Å²) >= 11 is 0. The molecule has 0 atom stereocenters. The van der Waals surface area contributed by atoms with Crippen molar-refractivity contribution in [3.63, 3.8) is 0 Å². The molecular weight excluding hydrogens is 423 g/mol. The lowest BCUT2D eigenvalue weighted by Gasteiger charge is -2.12. The highest BCUT2D eigenvalue weighted by Gasteiger charge is 2.15. The van der Waals surface area contributed by atoms with Crippen LogP contribution in [-0.2, 0) is 16.6 Å². The molecule has 0 aliphatic heterocycles. The molecule has 1 amide bonds. The number of halogens is 1. The summed E-state index contributed by atoms with van der Waals surface area (Å²) in [6, 6.07) is 15.7. The van der Waals surface area contributed by atoms with Gasteiger partial charge in [-0.05, 0) is 60.7 Å². The van der Waals surface area contributed by atoms with Crippen molar-refractivity contribution >= 4 is 21.6 Å². The standard InChI is InChI=1S/C22H21FN2O5S/c1-29-19-10-5-16(21(13-19)30-2)14-24-22(26)15-3-8-18(9-4-15)25-31(27,28)20-11-6-17(23)7-12-20/h3-13,25H,14H2,1-2H3,(H,24,26). The van der Waals surface area contributed by atoms with Gasteiger partial charge in [0, 0.05) is 29.4 Å². The number of nitrogens with one attached hydrogen (secondary N) is 2. The fourth-order valence-electron chi connectivity index (χ4n) is 2.79. The van der Waals surface area contributed by atoms with Gasteiger partial charge in [-0.15, -0.1) is 0 Å². The summed E-state index contributed by atoms with van der Waals surface area (Å²) in [5.41, 5.74) is 1.41. The predicted molar refractivity (Wildman–Crippen MR) is 114 cm³/mol. The predicted octanol–water partition coefficient (Wildman–Crippen LogP) is 3.57. The minimum Gasteiger partial charge on any atom is -0.497 e. The monoisotopic (exact) mass is 444 g/mol. The number of amides is 1. The molecular formula is C22H21FN2O5S. The lowest BCUT2D eigenvalue weighted by atomic mass is 10.1. The average molecular weight is 444 g/mol. The molecule has 0 unspecified atom stereocenters. The Hall–Kier alpha value is -3.59. The zero-order valence-electron chi connectivity index (χ0n) is 16.9. The first-order valence-corrected chi connectivity index (χ1v) is 10.7. The summed E-state index contributed by atoms with van der Waals surface area (Å²) in [6.45, 7) is 0.241. The van der Waals surface area contributed by atoms with Gasteiger partial charge in [0.1, 0.15) is 17.3 Å². The Morgan fingerprint density at radius 3 is 2.23 bits per heavy atom. The van der Waals surface area contributed by atoms with Crippen LogP contribution in [0.4, 0.5) is 10.1 Å². The van der Waals surface area contributed by atoms with Crippen molar-refractivity contribution in [3.05, 3.63) is 83.7 Å². The van der Waals surface area contributed by atoms with E-state index in [1.54, 1.807) is 25.3 Å². The fourth-order valence-corrected chi connectivity index (χ4v) is 3.85. The summed E-state index contributed by atoms with van der Waals surface area (Å²) in [6.07, 6.45) is 0. The molecule has 3 aromatic carbocycles. The maximum atomic E-state index is 13.0. The highest BCUT2D eigenvalue weighted by atomic mass is 32.2. The minimum absolute atomic E-state index is 0.0656. The number of carbonyl (C=O) groups excluding carboxylic acids is 1. The highest BCUT2D eigenvalue weighted by Crippen LogP contribution is 2.24. The number of rotatable bonds is 8. The largest absolute Gasteiger partial charge is 0.497 e. The molecule has 162 valence electrons. The molecule has 0 fully saturated rings. The number of sulfonamides is 1. The quantitative estimate of drug-likeness (QED) is 0.554. The summed E-state index contributed by atoms with van der Waals surface area (Å²) in [7, 11) is -0.776. The maximum Gasteiger partial charge on any atom is 0.261 e. The number of hydrogen-bond acceptors (Lipinski definition) is 5. The van der Waals surface area contributed by atoms with E-state index < -0.39 is 15.8 Å². The summed E-state index contributed by atoms with van der Waals surface area (Å²) in [5, 5.41) is 2.79. The van der Waals surface area contributed by atoms with E-state index in [2.05, 4.69) is 10.0 Å². The van der Waals surface area contributed by atoms with Crippen LogP contribution < -0.4 is 19.5 Å². The topological polar surface area (TPSA) is 93.7 Å². The van der Waals surface area contributed by atoms with Gasteiger partial charge in [-0.1, -0.05) is 0 Å². The number of anilines is 1. The van der Waals surface area contributed by atoms with Crippen molar-refractivity contribution in [2.75, 3.05) is 18.9 Å². The highest BCUT2D eigenvalue weighted by molar-refractivity contribution is 7.92. The van der Waals surface area contributed by atoms with Crippen molar-refractivity contribution in [2.24, 2.45) is 0 Å². The van der Waals surface area contributed by atoms with Crippen LogP contribution in [0.5, 0.6) is 11.5 Å². The van der Waals surface area contributed by atoms with Crippen molar-refractivity contribution < 1.29 is 27.1 Å². The lowest BCUT2D eigenvalue weighted by molar-refractivity contribution is 0.0950. The fraction of sp³-hybridized carbons (Fsp3) is 0.136. The molecule has 31 heavy (non-hydrogen) atoms. The first-order valence-electron chi connectivity index (χ1n) is 9.20. The molecule has 0 saturated carbocycles. The number of benzene rings is 3. The normalized spacial score (nSPS) is 10.9. The third-order valence-electron chi connectivity index (χ3n) is 4.46. The molecule has 0 spiro atoms. The third kappa shape index (κ3) is 5.52. The van der Waals surface area contributed by atoms with Crippen LogP contribution in [-0.4, -0.2) is 28.5 Å². The smallest absolute Gasteiger partial charge is 0.261 e. The van der Waals surface area contributed by atoms with Crippen molar-refractivity contribution in [3.8, 4) is 11.5 Å². The maximum absolute atomic E-state index is 13.0. The minimum atomic E-state index is -3.86. The lowest BCUT2D eigenvalue weighted by Crippen LogP contribution is -2.23. The Balaban J connectivity index is 1.64.